The number of carboxylic acids is 1. The van der Waals surface area contributed by atoms with Crippen LogP contribution in [0.25, 0.3) is 0 Å². The van der Waals surface area contributed by atoms with Gasteiger partial charge in [-0.1, -0.05) is 6.07 Å². The number of carboxylic acid groups (broad SMARTS) is 1. The molecular formula is C12H15NO4S. The maximum absolute atomic E-state index is 11.9. The zero-order valence-electron chi connectivity index (χ0n) is 9.80. The lowest BCUT2D eigenvalue weighted by Crippen LogP contribution is -2.48. The van der Waals surface area contributed by atoms with Crippen LogP contribution in [-0.2, 0) is 9.53 Å². The van der Waals surface area contributed by atoms with Crippen LogP contribution >= 0.6 is 11.3 Å². The number of nitrogens with one attached hydrogen (secondary N) is 1. The van der Waals surface area contributed by atoms with Gasteiger partial charge in [-0.15, -0.1) is 11.3 Å². The van der Waals surface area contributed by atoms with Gasteiger partial charge < -0.3 is 15.2 Å². The number of amides is 1. The molecule has 2 N–H and O–H groups in total. The lowest BCUT2D eigenvalue weighted by Gasteiger charge is -2.27. The van der Waals surface area contributed by atoms with Gasteiger partial charge in [0.1, 0.15) is 6.04 Å². The van der Waals surface area contributed by atoms with Crippen LogP contribution in [0, 0.1) is 5.92 Å². The number of carbonyl (C=O) groups is 2. The average molecular weight is 269 g/mol. The smallest absolute Gasteiger partial charge is 0.326 e. The number of hydrogen-bond donors (Lipinski definition) is 2. The van der Waals surface area contributed by atoms with Gasteiger partial charge in [0.25, 0.3) is 5.91 Å². The van der Waals surface area contributed by atoms with E-state index in [1.165, 1.54) is 11.3 Å². The van der Waals surface area contributed by atoms with Gasteiger partial charge in [0, 0.05) is 12.5 Å². The van der Waals surface area contributed by atoms with Crippen molar-refractivity contribution in [3.63, 3.8) is 0 Å². The zero-order chi connectivity index (χ0) is 13.0. The minimum absolute atomic E-state index is 0.153. The normalized spacial score (nSPS) is 21.2. The molecule has 18 heavy (non-hydrogen) atoms. The highest BCUT2D eigenvalue weighted by molar-refractivity contribution is 7.12. The molecule has 1 amide bonds. The quantitative estimate of drug-likeness (QED) is 0.865. The van der Waals surface area contributed by atoms with Crippen molar-refractivity contribution >= 4 is 23.2 Å². The number of hydrogen-bond acceptors (Lipinski definition) is 4. The van der Waals surface area contributed by atoms with Crippen molar-refractivity contribution in [2.24, 2.45) is 5.92 Å². The lowest BCUT2D eigenvalue weighted by molar-refractivity contribution is -0.142. The monoisotopic (exact) mass is 269 g/mol. The molecule has 1 aromatic heterocycles. The summed E-state index contributed by atoms with van der Waals surface area (Å²) in [5.74, 6) is -1.49. The Kier molecular flexibility index (Phi) is 4.33. The van der Waals surface area contributed by atoms with E-state index in [9.17, 15) is 14.7 Å². The van der Waals surface area contributed by atoms with Crippen LogP contribution in [0.2, 0.25) is 0 Å². The molecule has 2 unspecified atom stereocenters. The fourth-order valence-corrected chi connectivity index (χ4v) is 2.66. The second-order valence-corrected chi connectivity index (χ2v) is 5.19. The van der Waals surface area contributed by atoms with Crippen LogP contribution in [-0.4, -0.2) is 36.2 Å². The van der Waals surface area contributed by atoms with Gasteiger partial charge in [-0.25, -0.2) is 4.79 Å². The van der Waals surface area contributed by atoms with Crippen molar-refractivity contribution in [3.05, 3.63) is 22.4 Å². The Hall–Kier alpha value is -1.40. The topological polar surface area (TPSA) is 75.6 Å². The number of carbonyl (C=O) groups excluding carboxylic acids is 1. The molecule has 2 atom stereocenters. The molecule has 1 fully saturated rings. The summed E-state index contributed by atoms with van der Waals surface area (Å²) < 4.78 is 5.27. The summed E-state index contributed by atoms with van der Waals surface area (Å²) in [6, 6.07) is 2.56. The molecule has 0 aliphatic carbocycles. The summed E-state index contributed by atoms with van der Waals surface area (Å²) in [5.41, 5.74) is 0. The highest BCUT2D eigenvalue weighted by Crippen LogP contribution is 2.18. The van der Waals surface area contributed by atoms with Gasteiger partial charge in [-0.05, 0) is 24.3 Å². The molecule has 0 aromatic carbocycles. The molecule has 0 spiro atoms. The van der Waals surface area contributed by atoms with Gasteiger partial charge in [0.05, 0.1) is 11.5 Å². The van der Waals surface area contributed by atoms with Crippen molar-refractivity contribution < 1.29 is 19.4 Å². The summed E-state index contributed by atoms with van der Waals surface area (Å²) in [7, 11) is 0. The molecule has 98 valence electrons. The summed E-state index contributed by atoms with van der Waals surface area (Å²) in [4.78, 5) is 23.6. The van der Waals surface area contributed by atoms with Crippen molar-refractivity contribution in [2.45, 2.75) is 18.9 Å². The maximum atomic E-state index is 11.9. The third-order valence-corrected chi connectivity index (χ3v) is 3.83. The molecule has 1 aliphatic heterocycles. The predicted molar refractivity (Wildman–Crippen MR) is 66.8 cm³/mol. The molecule has 2 rings (SSSR count). The Morgan fingerprint density at radius 2 is 2.39 bits per heavy atom. The van der Waals surface area contributed by atoms with Crippen molar-refractivity contribution in [3.8, 4) is 0 Å². The third kappa shape index (κ3) is 3.08. The Balaban J connectivity index is 2.02. The average Bonchev–Trinajstić information content (AvgIpc) is 2.90. The van der Waals surface area contributed by atoms with E-state index in [-0.39, 0.29) is 11.8 Å². The van der Waals surface area contributed by atoms with Crippen LogP contribution in [0.1, 0.15) is 22.5 Å². The van der Waals surface area contributed by atoms with Crippen LogP contribution in [0.4, 0.5) is 0 Å². The van der Waals surface area contributed by atoms with Gasteiger partial charge in [0.15, 0.2) is 0 Å². The van der Waals surface area contributed by atoms with E-state index < -0.39 is 12.0 Å². The van der Waals surface area contributed by atoms with Crippen molar-refractivity contribution in [1.29, 1.82) is 0 Å². The van der Waals surface area contributed by atoms with Gasteiger partial charge in [-0.3, -0.25) is 4.79 Å². The first-order chi connectivity index (χ1) is 8.68. The molecule has 0 saturated carbocycles. The highest BCUT2D eigenvalue weighted by atomic mass is 32.1. The number of rotatable bonds is 4. The number of aliphatic carboxylic acids is 1. The largest absolute Gasteiger partial charge is 0.480 e. The highest BCUT2D eigenvalue weighted by Gasteiger charge is 2.31. The van der Waals surface area contributed by atoms with Crippen LogP contribution in [0.15, 0.2) is 17.5 Å². The molecule has 1 saturated heterocycles. The van der Waals surface area contributed by atoms with E-state index in [1.807, 2.05) is 0 Å². The Bertz CT molecular complexity index is 412. The fraction of sp³-hybridized carbons (Fsp3) is 0.500. The first-order valence-corrected chi connectivity index (χ1v) is 6.71. The summed E-state index contributed by atoms with van der Waals surface area (Å²) >= 11 is 1.30. The Labute approximate surface area is 109 Å². The Morgan fingerprint density at radius 3 is 2.94 bits per heavy atom. The number of ether oxygens (including phenoxy) is 1. The third-order valence-electron chi connectivity index (χ3n) is 2.96. The summed E-state index contributed by atoms with van der Waals surface area (Å²) in [6.45, 7) is 1.06. The fourth-order valence-electron chi connectivity index (χ4n) is 2.03. The minimum Gasteiger partial charge on any atom is -0.480 e. The molecule has 0 bridgehead atoms. The van der Waals surface area contributed by atoms with E-state index in [2.05, 4.69) is 5.32 Å². The van der Waals surface area contributed by atoms with Crippen molar-refractivity contribution in [1.82, 2.24) is 5.32 Å². The zero-order valence-corrected chi connectivity index (χ0v) is 10.6. The molecule has 6 heteroatoms. The molecule has 1 aliphatic rings. The standard InChI is InChI=1S/C12H15NO4S/c14-11(9-4-2-6-18-9)13-10(12(15)16)8-3-1-5-17-7-8/h2,4,6,8,10H,1,3,5,7H2,(H,13,14)(H,15,16). The van der Waals surface area contributed by atoms with Gasteiger partial charge in [0.2, 0.25) is 0 Å². The summed E-state index contributed by atoms with van der Waals surface area (Å²) in [6.07, 6.45) is 1.60. The van der Waals surface area contributed by atoms with Crippen LogP contribution in [0.5, 0.6) is 0 Å². The Morgan fingerprint density at radius 1 is 1.56 bits per heavy atom. The second-order valence-electron chi connectivity index (χ2n) is 4.24. The van der Waals surface area contributed by atoms with Crippen LogP contribution in [0.3, 0.4) is 0 Å². The van der Waals surface area contributed by atoms with Gasteiger partial charge in [-0.2, -0.15) is 0 Å². The van der Waals surface area contributed by atoms with E-state index in [0.717, 1.165) is 12.8 Å². The van der Waals surface area contributed by atoms with Crippen molar-refractivity contribution in [2.75, 3.05) is 13.2 Å². The molecule has 0 radical (unpaired) electrons. The SMILES string of the molecule is O=C(NC(C(=O)O)C1CCCOC1)c1cccs1. The lowest BCUT2D eigenvalue weighted by atomic mass is 9.93. The maximum Gasteiger partial charge on any atom is 0.326 e. The van der Waals surface area contributed by atoms with E-state index in [1.54, 1.807) is 17.5 Å². The van der Waals surface area contributed by atoms with Gasteiger partial charge >= 0.3 is 5.97 Å². The molecule has 1 aromatic rings. The second kappa shape index (κ2) is 5.97. The number of thiophene rings is 1. The molecule has 5 nitrogen and oxygen atoms in total. The summed E-state index contributed by atoms with van der Waals surface area (Å²) in [5, 5.41) is 13.6. The van der Waals surface area contributed by atoms with E-state index in [0.29, 0.717) is 18.1 Å². The molecule has 2 heterocycles. The van der Waals surface area contributed by atoms with E-state index >= 15 is 0 Å². The molecular weight excluding hydrogens is 254 g/mol. The minimum atomic E-state index is -1.00. The predicted octanol–water partition coefficient (Wildman–Crippen LogP) is 1.36. The van der Waals surface area contributed by atoms with E-state index in [4.69, 9.17) is 4.74 Å². The van der Waals surface area contributed by atoms with Crippen LogP contribution < -0.4 is 5.32 Å². The first-order valence-electron chi connectivity index (χ1n) is 5.83. The first kappa shape index (κ1) is 13.0.